The summed E-state index contributed by atoms with van der Waals surface area (Å²) in [5, 5.41) is 14.6. The van der Waals surface area contributed by atoms with Crippen molar-refractivity contribution >= 4 is 26.8 Å². The average molecular weight is 361 g/mol. The number of phenolic OH excluding ortho intramolecular Hbond substituents is 1. The van der Waals surface area contributed by atoms with Gasteiger partial charge in [-0.3, -0.25) is 0 Å². The van der Waals surface area contributed by atoms with Crippen LogP contribution < -0.4 is 5.32 Å². The molecule has 0 radical (unpaired) electrons. The van der Waals surface area contributed by atoms with E-state index in [-0.39, 0.29) is 17.6 Å². The van der Waals surface area contributed by atoms with Crippen molar-refractivity contribution in [1.29, 1.82) is 0 Å². The van der Waals surface area contributed by atoms with Crippen LogP contribution in [0.1, 0.15) is 22.9 Å². The summed E-state index contributed by atoms with van der Waals surface area (Å²) >= 11 is 3.45. The highest BCUT2D eigenvalue weighted by atomic mass is 79.9. The number of phenols is 1. The lowest BCUT2D eigenvalue weighted by Gasteiger charge is -2.25. The largest absolute Gasteiger partial charge is 0.508 e. The van der Waals surface area contributed by atoms with Gasteiger partial charge in [-0.05, 0) is 48.4 Å². The highest BCUT2D eigenvalue weighted by molar-refractivity contribution is 9.10. The normalized spacial score (nSPS) is 17.6. The number of benzene rings is 2. The third kappa shape index (κ3) is 2.12. The fraction of sp³-hybridized carbons (Fsp3) is 0.176. The van der Waals surface area contributed by atoms with Gasteiger partial charge in [0.25, 0.3) is 0 Å². The first-order chi connectivity index (χ1) is 10.6. The van der Waals surface area contributed by atoms with E-state index in [0.29, 0.717) is 0 Å². The van der Waals surface area contributed by atoms with Crippen molar-refractivity contribution in [3.05, 3.63) is 63.5 Å². The van der Waals surface area contributed by atoms with Crippen molar-refractivity contribution in [3.8, 4) is 5.75 Å². The minimum atomic E-state index is -0.227. The van der Waals surface area contributed by atoms with Crippen molar-refractivity contribution in [1.82, 2.24) is 10.3 Å². The monoisotopic (exact) mass is 360 g/mol. The highest BCUT2D eigenvalue weighted by Crippen LogP contribution is 2.37. The number of aromatic nitrogens is 1. The summed E-state index contributed by atoms with van der Waals surface area (Å²) < 4.78 is 14.5. The zero-order chi connectivity index (χ0) is 15.3. The fourth-order valence-corrected chi connectivity index (χ4v) is 3.60. The molecule has 3 aromatic rings. The molecule has 0 saturated heterocycles. The number of aromatic amines is 1. The van der Waals surface area contributed by atoms with E-state index in [1.807, 2.05) is 12.1 Å². The number of aromatic hydroxyl groups is 1. The Morgan fingerprint density at radius 1 is 1.18 bits per heavy atom. The summed E-state index contributed by atoms with van der Waals surface area (Å²) in [5.41, 5.74) is 3.86. The van der Waals surface area contributed by atoms with Crippen LogP contribution >= 0.6 is 15.9 Å². The van der Waals surface area contributed by atoms with Gasteiger partial charge in [-0.25, -0.2) is 4.39 Å². The van der Waals surface area contributed by atoms with Crippen LogP contribution in [0.15, 0.2) is 40.9 Å². The lowest BCUT2D eigenvalue weighted by Crippen LogP contribution is -2.30. The highest BCUT2D eigenvalue weighted by Gasteiger charge is 2.27. The molecular formula is C17H14BrFN2O. The molecule has 1 unspecified atom stereocenters. The second-order valence-corrected chi connectivity index (χ2v) is 6.46. The molecule has 0 spiro atoms. The van der Waals surface area contributed by atoms with Crippen LogP contribution in [-0.2, 0) is 6.42 Å². The molecule has 3 nitrogen and oxygen atoms in total. The third-order valence-corrected chi connectivity index (χ3v) is 4.71. The molecule has 0 fully saturated rings. The zero-order valence-corrected chi connectivity index (χ0v) is 13.2. The van der Waals surface area contributed by atoms with Gasteiger partial charge in [0.05, 0.1) is 6.04 Å². The van der Waals surface area contributed by atoms with Gasteiger partial charge < -0.3 is 15.4 Å². The van der Waals surface area contributed by atoms with Crippen LogP contribution in [-0.4, -0.2) is 16.6 Å². The topological polar surface area (TPSA) is 48.0 Å². The molecule has 2 heterocycles. The number of rotatable bonds is 1. The Labute approximate surface area is 135 Å². The quantitative estimate of drug-likeness (QED) is 0.613. The summed E-state index contributed by atoms with van der Waals surface area (Å²) in [4.78, 5) is 3.38. The molecule has 1 atom stereocenters. The van der Waals surface area contributed by atoms with Crippen molar-refractivity contribution < 1.29 is 9.50 Å². The van der Waals surface area contributed by atoms with Gasteiger partial charge in [-0.2, -0.15) is 0 Å². The second-order valence-electron chi connectivity index (χ2n) is 5.55. The molecule has 112 valence electrons. The van der Waals surface area contributed by atoms with Crippen LogP contribution in [0.2, 0.25) is 0 Å². The molecule has 5 heteroatoms. The lowest BCUT2D eigenvalue weighted by molar-refractivity contribution is 0.452. The maximum Gasteiger partial charge on any atom is 0.123 e. The van der Waals surface area contributed by atoms with Crippen LogP contribution in [0.4, 0.5) is 4.39 Å². The lowest BCUT2D eigenvalue weighted by atomic mass is 9.94. The Bertz CT molecular complexity index is 874. The molecule has 2 aromatic carbocycles. The first-order valence-corrected chi connectivity index (χ1v) is 7.94. The Morgan fingerprint density at radius 2 is 2.05 bits per heavy atom. The van der Waals surface area contributed by atoms with Gasteiger partial charge in [0, 0.05) is 33.2 Å². The molecular weight excluding hydrogens is 347 g/mol. The van der Waals surface area contributed by atoms with Crippen LogP contribution in [0.5, 0.6) is 5.75 Å². The number of hydrogen-bond donors (Lipinski definition) is 3. The maximum atomic E-state index is 13.5. The molecule has 1 aliphatic heterocycles. The Hall–Kier alpha value is -1.85. The number of nitrogens with one attached hydrogen (secondary N) is 2. The molecule has 0 bridgehead atoms. The van der Waals surface area contributed by atoms with E-state index in [2.05, 4.69) is 26.2 Å². The molecule has 3 N–H and O–H groups in total. The minimum Gasteiger partial charge on any atom is -0.508 e. The van der Waals surface area contributed by atoms with E-state index >= 15 is 0 Å². The Balaban J connectivity index is 1.92. The predicted molar refractivity (Wildman–Crippen MR) is 87.6 cm³/mol. The van der Waals surface area contributed by atoms with Crippen molar-refractivity contribution in [2.45, 2.75) is 12.5 Å². The summed E-state index contributed by atoms with van der Waals surface area (Å²) in [7, 11) is 0. The van der Waals surface area contributed by atoms with E-state index < -0.39 is 0 Å². The van der Waals surface area contributed by atoms with Crippen molar-refractivity contribution in [2.75, 3.05) is 6.54 Å². The molecule has 1 aliphatic rings. The molecule has 4 rings (SSSR count). The van der Waals surface area contributed by atoms with E-state index in [1.165, 1.54) is 6.07 Å². The number of H-pyrrole nitrogens is 1. The molecule has 0 saturated carbocycles. The average Bonchev–Trinajstić information content (AvgIpc) is 2.88. The Morgan fingerprint density at radius 3 is 2.91 bits per heavy atom. The maximum absolute atomic E-state index is 13.5. The molecule has 22 heavy (non-hydrogen) atoms. The van der Waals surface area contributed by atoms with Gasteiger partial charge >= 0.3 is 0 Å². The number of fused-ring (bicyclic) bond motifs is 3. The predicted octanol–water partition coefficient (Wildman–Crippen LogP) is 4.01. The van der Waals surface area contributed by atoms with E-state index in [1.54, 1.807) is 18.2 Å². The van der Waals surface area contributed by atoms with Gasteiger partial charge in [0.2, 0.25) is 0 Å². The van der Waals surface area contributed by atoms with Gasteiger partial charge in [0.15, 0.2) is 0 Å². The SMILES string of the molecule is Oc1ccc(Br)cc1C1NCCc2c1[nH]c1ccc(F)cc21. The van der Waals surface area contributed by atoms with Gasteiger partial charge in [-0.1, -0.05) is 15.9 Å². The fourth-order valence-electron chi connectivity index (χ4n) is 3.22. The van der Waals surface area contributed by atoms with Crippen LogP contribution in [0.3, 0.4) is 0 Å². The van der Waals surface area contributed by atoms with Crippen LogP contribution in [0, 0.1) is 5.82 Å². The van der Waals surface area contributed by atoms with Gasteiger partial charge in [-0.15, -0.1) is 0 Å². The summed E-state index contributed by atoms with van der Waals surface area (Å²) in [6.07, 6.45) is 0.837. The summed E-state index contributed by atoms with van der Waals surface area (Å²) in [6, 6.07) is 10.1. The zero-order valence-electron chi connectivity index (χ0n) is 11.7. The number of halogens is 2. The summed E-state index contributed by atoms with van der Waals surface area (Å²) in [6.45, 7) is 0.785. The van der Waals surface area contributed by atoms with Crippen molar-refractivity contribution in [2.24, 2.45) is 0 Å². The standard InChI is InChI=1S/C17H14BrFN2O/c18-9-1-4-15(22)13(7-9)16-17-11(5-6-20-16)12-8-10(19)2-3-14(12)21-17/h1-4,7-8,16,20-22H,5-6H2. The molecule has 0 aliphatic carbocycles. The third-order valence-electron chi connectivity index (χ3n) is 4.21. The number of hydrogen-bond acceptors (Lipinski definition) is 2. The van der Waals surface area contributed by atoms with Crippen LogP contribution in [0.25, 0.3) is 10.9 Å². The first-order valence-electron chi connectivity index (χ1n) is 7.15. The summed E-state index contributed by atoms with van der Waals surface area (Å²) in [5.74, 6) is 0.0214. The smallest absolute Gasteiger partial charge is 0.123 e. The molecule has 0 amide bonds. The van der Waals surface area contributed by atoms with Gasteiger partial charge in [0.1, 0.15) is 11.6 Å². The van der Waals surface area contributed by atoms with Crippen molar-refractivity contribution in [3.63, 3.8) is 0 Å². The minimum absolute atomic E-state index is 0.128. The molecule has 1 aromatic heterocycles. The van der Waals surface area contributed by atoms with E-state index in [4.69, 9.17) is 0 Å². The Kier molecular flexibility index (Phi) is 3.20. The van der Waals surface area contributed by atoms with E-state index in [9.17, 15) is 9.50 Å². The second kappa shape index (κ2) is 5.11. The first kappa shape index (κ1) is 13.8. The van der Waals surface area contributed by atoms with E-state index in [0.717, 1.165) is 45.2 Å².